The van der Waals surface area contributed by atoms with Gasteiger partial charge in [-0.1, -0.05) is 29.3 Å². The second-order valence-electron chi connectivity index (χ2n) is 3.10. The summed E-state index contributed by atoms with van der Waals surface area (Å²) in [5, 5.41) is 3.41. The van der Waals surface area contributed by atoms with Crippen LogP contribution in [0.5, 0.6) is 0 Å². The number of nitrogens with two attached hydrogens (primary N) is 1. The van der Waals surface area contributed by atoms with Crippen molar-refractivity contribution < 1.29 is 0 Å². The second kappa shape index (κ2) is 4.54. The monoisotopic (exact) mass is 257 g/mol. The lowest BCUT2D eigenvalue weighted by Crippen LogP contribution is -1.98. The summed E-state index contributed by atoms with van der Waals surface area (Å²) >= 11 is 13.6. The van der Waals surface area contributed by atoms with E-state index in [0.717, 1.165) is 21.0 Å². The van der Waals surface area contributed by atoms with Gasteiger partial charge in [-0.05, 0) is 34.7 Å². The summed E-state index contributed by atoms with van der Waals surface area (Å²) in [6, 6.07) is 7.56. The summed E-state index contributed by atoms with van der Waals surface area (Å²) in [7, 11) is 0. The zero-order chi connectivity index (χ0) is 10.8. The topological polar surface area (TPSA) is 26.0 Å². The Bertz CT molecular complexity index is 479. The minimum Gasteiger partial charge on any atom is -0.326 e. The Kier molecular flexibility index (Phi) is 3.32. The molecular weight excluding hydrogens is 249 g/mol. The van der Waals surface area contributed by atoms with E-state index in [2.05, 4.69) is 0 Å². The molecule has 1 nitrogen and oxygen atoms in total. The highest BCUT2D eigenvalue weighted by atomic mass is 35.5. The van der Waals surface area contributed by atoms with Crippen LogP contribution < -0.4 is 5.73 Å². The lowest BCUT2D eigenvalue weighted by Gasteiger charge is -2.06. The van der Waals surface area contributed by atoms with Crippen molar-refractivity contribution in [1.29, 1.82) is 0 Å². The van der Waals surface area contributed by atoms with Crippen molar-refractivity contribution in [3.05, 3.63) is 45.3 Å². The van der Waals surface area contributed by atoms with Gasteiger partial charge in [-0.3, -0.25) is 0 Å². The SMILES string of the molecule is NCc1ccc(Cl)cc1-c1sccc1Cl. The summed E-state index contributed by atoms with van der Waals surface area (Å²) in [4.78, 5) is 1.03. The molecule has 0 fully saturated rings. The van der Waals surface area contributed by atoms with Gasteiger partial charge in [0, 0.05) is 11.6 Å². The molecule has 0 amide bonds. The molecule has 15 heavy (non-hydrogen) atoms. The molecule has 2 N–H and O–H groups in total. The number of thiophene rings is 1. The molecule has 0 bridgehead atoms. The molecule has 0 aliphatic rings. The van der Waals surface area contributed by atoms with Crippen LogP contribution in [-0.2, 0) is 6.54 Å². The van der Waals surface area contributed by atoms with Crippen molar-refractivity contribution in [2.24, 2.45) is 5.73 Å². The van der Waals surface area contributed by atoms with Gasteiger partial charge < -0.3 is 5.73 Å². The van der Waals surface area contributed by atoms with E-state index in [9.17, 15) is 0 Å². The number of hydrogen-bond donors (Lipinski definition) is 1. The van der Waals surface area contributed by atoms with Gasteiger partial charge in [0.2, 0.25) is 0 Å². The average Bonchev–Trinajstić information content (AvgIpc) is 2.64. The van der Waals surface area contributed by atoms with Crippen LogP contribution in [0.15, 0.2) is 29.6 Å². The Morgan fingerprint density at radius 3 is 2.60 bits per heavy atom. The highest BCUT2D eigenvalue weighted by molar-refractivity contribution is 7.14. The molecule has 0 saturated carbocycles. The van der Waals surface area contributed by atoms with Gasteiger partial charge in [-0.15, -0.1) is 11.3 Å². The molecule has 78 valence electrons. The molecule has 2 aromatic rings. The van der Waals surface area contributed by atoms with Crippen LogP contribution in [0, 0.1) is 0 Å². The Balaban J connectivity index is 2.60. The van der Waals surface area contributed by atoms with E-state index in [1.807, 2.05) is 29.6 Å². The predicted octanol–water partition coefficient (Wildman–Crippen LogP) is 4.18. The second-order valence-corrected chi connectivity index (χ2v) is 4.86. The van der Waals surface area contributed by atoms with Crippen LogP contribution >= 0.6 is 34.5 Å². The molecule has 2 rings (SSSR count). The quantitative estimate of drug-likeness (QED) is 0.859. The van der Waals surface area contributed by atoms with Crippen LogP contribution in [0.3, 0.4) is 0 Å². The summed E-state index contributed by atoms with van der Waals surface area (Å²) in [5.74, 6) is 0. The first kappa shape index (κ1) is 11.0. The third kappa shape index (κ3) is 2.18. The Labute approximate surface area is 102 Å². The Morgan fingerprint density at radius 1 is 1.20 bits per heavy atom. The molecule has 0 aliphatic carbocycles. The summed E-state index contributed by atoms with van der Waals surface area (Å²) in [6.45, 7) is 0.487. The van der Waals surface area contributed by atoms with Crippen LogP contribution in [0.1, 0.15) is 5.56 Å². The minimum absolute atomic E-state index is 0.487. The van der Waals surface area contributed by atoms with E-state index in [1.165, 1.54) is 0 Å². The van der Waals surface area contributed by atoms with Gasteiger partial charge in [0.1, 0.15) is 0 Å². The Hall–Kier alpha value is -0.540. The highest BCUT2D eigenvalue weighted by Gasteiger charge is 2.09. The van der Waals surface area contributed by atoms with Crippen LogP contribution in [0.25, 0.3) is 10.4 Å². The van der Waals surface area contributed by atoms with E-state index in [4.69, 9.17) is 28.9 Å². The summed E-state index contributed by atoms with van der Waals surface area (Å²) < 4.78 is 0. The molecular formula is C11H9Cl2NS. The van der Waals surface area contributed by atoms with E-state index in [0.29, 0.717) is 11.6 Å². The van der Waals surface area contributed by atoms with Crippen molar-refractivity contribution in [2.75, 3.05) is 0 Å². The third-order valence-corrected chi connectivity index (χ3v) is 3.76. The molecule has 4 heteroatoms. The number of benzene rings is 1. The summed E-state index contributed by atoms with van der Waals surface area (Å²) in [5.41, 5.74) is 7.77. The van der Waals surface area contributed by atoms with Gasteiger partial charge in [-0.2, -0.15) is 0 Å². The third-order valence-electron chi connectivity index (χ3n) is 2.15. The van der Waals surface area contributed by atoms with Gasteiger partial charge in [0.05, 0.1) is 9.90 Å². The van der Waals surface area contributed by atoms with Gasteiger partial charge in [0.25, 0.3) is 0 Å². The fraction of sp³-hybridized carbons (Fsp3) is 0.0909. The van der Waals surface area contributed by atoms with Crippen LogP contribution in [-0.4, -0.2) is 0 Å². The lowest BCUT2D eigenvalue weighted by molar-refractivity contribution is 1.08. The van der Waals surface area contributed by atoms with E-state index in [1.54, 1.807) is 11.3 Å². The molecule has 1 heterocycles. The Morgan fingerprint density at radius 2 is 2.00 bits per heavy atom. The fourth-order valence-electron chi connectivity index (χ4n) is 1.42. The average molecular weight is 258 g/mol. The number of hydrogen-bond acceptors (Lipinski definition) is 2. The lowest BCUT2D eigenvalue weighted by atomic mass is 10.1. The number of halogens is 2. The van der Waals surface area contributed by atoms with Crippen molar-refractivity contribution in [1.82, 2.24) is 0 Å². The zero-order valence-electron chi connectivity index (χ0n) is 7.84. The van der Waals surface area contributed by atoms with Crippen molar-refractivity contribution >= 4 is 34.5 Å². The maximum atomic E-state index is 6.08. The van der Waals surface area contributed by atoms with Crippen molar-refractivity contribution in [2.45, 2.75) is 6.54 Å². The normalized spacial score (nSPS) is 10.6. The van der Waals surface area contributed by atoms with Crippen molar-refractivity contribution in [3.8, 4) is 10.4 Å². The largest absolute Gasteiger partial charge is 0.326 e. The molecule has 0 saturated heterocycles. The van der Waals surface area contributed by atoms with E-state index in [-0.39, 0.29) is 0 Å². The smallest absolute Gasteiger partial charge is 0.0592 e. The highest BCUT2D eigenvalue weighted by Crippen LogP contribution is 2.36. The molecule has 0 radical (unpaired) electrons. The molecule has 0 unspecified atom stereocenters. The van der Waals surface area contributed by atoms with Crippen LogP contribution in [0.4, 0.5) is 0 Å². The fourth-order valence-corrected chi connectivity index (χ4v) is 2.81. The maximum absolute atomic E-state index is 6.08. The first-order chi connectivity index (χ1) is 7.22. The summed E-state index contributed by atoms with van der Waals surface area (Å²) in [6.07, 6.45) is 0. The maximum Gasteiger partial charge on any atom is 0.0592 e. The first-order valence-electron chi connectivity index (χ1n) is 4.44. The van der Waals surface area contributed by atoms with Gasteiger partial charge >= 0.3 is 0 Å². The van der Waals surface area contributed by atoms with E-state index < -0.39 is 0 Å². The molecule has 1 aromatic heterocycles. The predicted molar refractivity (Wildman–Crippen MR) is 67.7 cm³/mol. The van der Waals surface area contributed by atoms with Gasteiger partial charge in [0.15, 0.2) is 0 Å². The first-order valence-corrected chi connectivity index (χ1v) is 6.08. The van der Waals surface area contributed by atoms with E-state index >= 15 is 0 Å². The minimum atomic E-state index is 0.487. The molecule has 0 aliphatic heterocycles. The molecule has 1 aromatic carbocycles. The standard InChI is InChI=1S/C11H9Cl2NS/c12-8-2-1-7(6-14)9(5-8)11-10(13)3-4-15-11/h1-5H,6,14H2. The molecule has 0 atom stereocenters. The van der Waals surface area contributed by atoms with Gasteiger partial charge in [-0.25, -0.2) is 0 Å². The number of rotatable bonds is 2. The van der Waals surface area contributed by atoms with Crippen LogP contribution in [0.2, 0.25) is 10.0 Å². The van der Waals surface area contributed by atoms with Crippen molar-refractivity contribution in [3.63, 3.8) is 0 Å². The zero-order valence-corrected chi connectivity index (χ0v) is 10.2. The molecule has 0 spiro atoms.